The number of allylic oxidation sites excluding steroid dienone is 1. The summed E-state index contributed by atoms with van der Waals surface area (Å²) in [5.41, 5.74) is 0.660. The third kappa shape index (κ3) is 4.44. The number of carbonyl (C=O) groups is 3. The molecule has 0 radical (unpaired) electrons. The summed E-state index contributed by atoms with van der Waals surface area (Å²) < 4.78 is 0. The molecule has 3 amide bonds. The third-order valence-corrected chi connectivity index (χ3v) is 7.13. The number of hydrogen-bond donors (Lipinski definition) is 3. The summed E-state index contributed by atoms with van der Waals surface area (Å²) in [4.78, 5) is 41.7. The Morgan fingerprint density at radius 3 is 2.53 bits per heavy atom. The van der Waals surface area contributed by atoms with Crippen molar-refractivity contribution >= 4 is 34.2 Å². The molecule has 34 heavy (non-hydrogen) atoms. The van der Waals surface area contributed by atoms with Gasteiger partial charge in [0.05, 0.1) is 11.8 Å². The van der Waals surface area contributed by atoms with Crippen LogP contribution in [0, 0.1) is 23.7 Å². The first-order valence-corrected chi connectivity index (χ1v) is 12.1. The zero-order valence-corrected chi connectivity index (χ0v) is 19.7. The second-order valence-electron chi connectivity index (χ2n) is 9.19. The largest absolute Gasteiger partial charge is 0.396 e. The van der Waals surface area contributed by atoms with E-state index in [0.717, 1.165) is 23.6 Å². The van der Waals surface area contributed by atoms with Gasteiger partial charge in [-0.3, -0.25) is 14.4 Å². The Kier molecular flexibility index (Phi) is 7.32. The lowest BCUT2D eigenvalue weighted by Gasteiger charge is -2.34. The maximum absolute atomic E-state index is 13.6. The summed E-state index contributed by atoms with van der Waals surface area (Å²) >= 11 is 0. The fraction of sp³-hybridized carbons (Fsp3) is 0.444. The summed E-state index contributed by atoms with van der Waals surface area (Å²) in [7, 11) is 1.59. The van der Waals surface area contributed by atoms with Crippen LogP contribution in [0.5, 0.6) is 0 Å². The molecule has 0 bridgehead atoms. The Morgan fingerprint density at radius 1 is 1.06 bits per heavy atom. The summed E-state index contributed by atoms with van der Waals surface area (Å²) in [5.74, 6) is -2.17. The minimum absolute atomic E-state index is 0.0443. The maximum Gasteiger partial charge on any atom is 0.247 e. The smallest absolute Gasteiger partial charge is 0.247 e. The molecule has 1 aliphatic carbocycles. The van der Waals surface area contributed by atoms with E-state index in [1.165, 1.54) is 0 Å². The molecule has 5 atom stereocenters. The summed E-state index contributed by atoms with van der Waals surface area (Å²) in [6, 6.07) is 12.9. The Bertz CT molecular complexity index is 1100. The monoisotopic (exact) mass is 463 g/mol. The van der Waals surface area contributed by atoms with Crippen molar-refractivity contribution in [2.24, 2.45) is 23.7 Å². The third-order valence-electron chi connectivity index (χ3n) is 7.13. The van der Waals surface area contributed by atoms with E-state index < -0.39 is 23.8 Å². The number of nitrogens with one attached hydrogen (secondary N) is 2. The number of hydrogen-bond acceptors (Lipinski definition) is 4. The summed E-state index contributed by atoms with van der Waals surface area (Å²) in [6.45, 7) is 2.25. The summed E-state index contributed by atoms with van der Waals surface area (Å²) in [5, 5.41) is 17.2. The average molecular weight is 464 g/mol. The molecule has 1 heterocycles. The molecule has 0 aromatic heterocycles. The van der Waals surface area contributed by atoms with Crippen molar-refractivity contribution in [2.45, 2.75) is 32.2 Å². The number of rotatable bonds is 8. The van der Waals surface area contributed by atoms with E-state index in [-0.39, 0.29) is 36.8 Å². The van der Waals surface area contributed by atoms with Crippen molar-refractivity contribution in [1.29, 1.82) is 0 Å². The average Bonchev–Trinajstić information content (AvgIpc) is 3.13. The highest BCUT2D eigenvalue weighted by atomic mass is 16.3. The molecule has 1 saturated heterocycles. The van der Waals surface area contributed by atoms with Crippen LogP contribution < -0.4 is 10.6 Å². The first kappa shape index (κ1) is 24.0. The predicted molar refractivity (Wildman–Crippen MR) is 132 cm³/mol. The van der Waals surface area contributed by atoms with Gasteiger partial charge < -0.3 is 20.6 Å². The lowest BCUT2D eigenvalue weighted by atomic mass is 9.68. The molecule has 180 valence electrons. The SMILES string of the molecule is CCC[C@@H]1C=C[C@H]2[C@H](C(=O)N(CCCO)[C@@H]2C(=O)Nc2ccc3ccccc3c2)[C@@H]1C(=O)NC. The molecule has 7 heteroatoms. The number of fused-ring (bicyclic) bond motifs is 2. The molecular formula is C27H33N3O4. The minimum atomic E-state index is -0.735. The molecule has 3 N–H and O–H groups in total. The van der Waals surface area contributed by atoms with Gasteiger partial charge in [-0.05, 0) is 41.7 Å². The molecule has 1 fully saturated rings. The number of benzene rings is 2. The number of amides is 3. The molecule has 1 aliphatic heterocycles. The topological polar surface area (TPSA) is 98.7 Å². The number of nitrogens with zero attached hydrogens (tertiary/aromatic N) is 1. The Labute approximate surface area is 200 Å². The molecule has 2 aromatic carbocycles. The van der Waals surface area contributed by atoms with Crippen LogP contribution in [0.1, 0.15) is 26.2 Å². The number of anilines is 1. The molecule has 7 nitrogen and oxygen atoms in total. The Hall–Kier alpha value is -3.19. The van der Waals surface area contributed by atoms with E-state index in [0.29, 0.717) is 12.1 Å². The first-order valence-electron chi connectivity index (χ1n) is 12.1. The zero-order chi connectivity index (χ0) is 24.2. The molecule has 2 aliphatic rings. The fourth-order valence-corrected chi connectivity index (χ4v) is 5.60. The van der Waals surface area contributed by atoms with Crippen molar-refractivity contribution in [3.05, 3.63) is 54.6 Å². The normalized spacial score (nSPS) is 25.9. The lowest BCUT2D eigenvalue weighted by Crippen LogP contribution is -2.45. The van der Waals surface area contributed by atoms with E-state index >= 15 is 0 Å². The van der Waals surface area contributed by atoms with Crippen molar-refractivity contribution in [1.82, 2.24) is 10.2 Å². The molecule has 0 spiro atoms. The van der Waals surface area contributed by atoms with Crippen LogP contribution in [0.2, 0.25) is 0 Å². The van der Waals surface area contributed by atoms with E-state index in [2.05, 4.69) is 17.6 Å². The summed E-state index contributed by atoms with van der Waals surface area (Å²) in [6.07, 6.45) is 6.05. The van der Waals surface area contributed by atoms with Crippen molar-refractivity contribution < 1.29 is 19.5 Å². The molecule has 4 rings (SSSR count). The van der Waals surface area contributed by atoms with Gasteiger partial charge in [0.1, 0.15) is 6.04 Å². The van der Waals surface area contributed by atoms with E-state index in [9.17, 15) is 19.5 Å². The number of aliphatic hydroxyl groups is 1. The Morgan fingerprint density at radius 2 is 1.82 bits per heavy atom. The molecule has 2 aromatic rings. The van der Waals surface area contributed by atoms with Gasteiger partial charge >= 0.3 is 0 Å². The van der Waals surface area contributed by atoms with Crippen molar-refractivity contribution in [3.63, 3.8) is 0 Å². The van der Waals surface area contributed by atoms with Crippen LogP contribution in [0.3, 0.4) is 0 Å². The molecule has 0 saturated carbocycles. The van der Waals surface area contributed by atoms with Gasteiger partial charge in [0.2, 0.25) is 17.7 Å². The zero-order valence-electron chi connectivity index (χ0n) is 19.7. The van der Waals surface area contributed by atoms with Gasteiger partial charge in [0.15, 0.2) is 0 Å². The standard InChI is InChI=1S/C27H33N3O4/c1-3-7-18-11-13-21-23(22(18)25(32)28-2)27(34)30(14-6-15-31)24(21)26(33)29-20-12-10-17-8-4-5-9-19(17)16-20/h4-5,8-13,16,18,21-24,31H,3,6-7,14-15H2,1-2H3,(H,28,32)(H,29,33)/t18-,21+,22-,23+,24+/m1/s1. The van der Waals surface area contributed by atoms with Gasteiger partial charge in [-0.25, -0.2) is 0 Å². The second kappa shape index (κ2) is 10.4. The van der Waals surface area contributed by atoms with Gasteiger partial charge in [0.25, 0.3) is 0 Å². The van der Waals surface area contributed by atoms with Gasteiger partial charge in [-0.2, -0.15) is 0 Å². The number of likely N-dealkylation sites (tertiary alicyclic amines) is 1. The number of carbonyl (C=O) groups excluding carboxylic acids is 3. The highest BCUT2D eigenvalue weighted by molar-refractivity contribution is 6.02. The van der Waals surface area contributed by atoms with Crippen LogP contribution in [0.25, 0.3) is 10.8 Å². The van der Waals surface area contributed by atoms with Crippen LogP contribution in [-0.2, 0) is 14.4 Å². The van der Waals surface area contributed by atoms with Crippen LogP contribution in [0.4, 0.5) is 5.69 Å². The van der Waals surface area contributed by atoms with E-state index in [1.807, 2.05) is 54.6 Å². The first-order chi connectivity index (χ1) is 16.5. The fourth-order valence-electron chi connectivity index (χ4n) is 5.60. The van der Waals surface area contributed by atoms with Gasteiger partial charge in [0, 0.05) is 31.8 Å². The highest BCUT2D eigenvalue weighted by Crippen LogP contribution is 2.45. The van der Waals surface area contributed by atoms with Crippen LogP contribution >= 0.6 is 0 Å². The second-order valence-corrected chi connectivity index (χ2v) is 9.19. The predicted octanol–water partition coefficient (Wildman–Crippen LogP) is 2.95. The molecule has 0 unspecified atom stereocenters. The van der Waals surface area contributed by atoms with Crippen LogP contribution in [0.15, 0.2) is 54.6 Å². The quantitative estimate of drug-likeness (QED) is 0.524. The van der Waals surface area contributed by atoms with Gasteiger partial charge in [-0.15, -0.1) is 0 Å². The van der Waals surface area contributed by atoms with Gasteiger partial charge in [-0.1, -0.05) is 55.8 Å². The van der Waals surface area contributed by atoms with Crippen LogP contribution in [-0.4, -0.2) is 54.0 Å². The lowest BCUT2D eigenvalue weighted by molar-refractivity contribution is -0.140. The minimum Gasteiger partial charge on any atom is -0.396 e. The number of aliphatic hydroxyl groups excluding tert-OH is 1. The Balaban J connectivity index is 1.67. The van der Waals surface area contributed by atoms with E-state index in [4.69, 9.17) is 0 Å². The highest BCUT2D eigenvalue weighted by Gasteiger charge is 2.56. The molecular weight excluding hydrogens is 430 g/mol. The maximum atomic E-state index is 13.6. The van der Waals surface area contributed by atoms with Crippen molar-refractivity contribution in [2.75, 3.05) is 25.5 Å². The van der Waals surface area contributed by atoms with Crippen molar-refractivity contribution in [3.8, 4) is 0 Å². The van der Waals surface area contributed by atoms with E-state index in [1.54, 1.807) is 11.9 Å².